The van der Waals surface area contributed by atoms with E-state index in [9.17, 15) is 14.2 Å². The number of nitrogens with one attached hydrogen (secondary N) is 1. The molecule has 0 unspecified atom stereocenters. The van der Waals surface area contributed by atoms with Crippen molar-refractivity contribution in [2.75, 3.05) is 40.1 Å². The molecule has 31 heavy (non-hydrogen) atoms. The smallest absolute Gasteiger partial charge is 0.465 e. The van der Waals surface area contributed by atoms with E-state index in [0.717, 1.165) is 0 Å². The van der Waals surface area contributed by atoms with E-state index < -0.39 is 37.9 Å². The molecule has 0 aromatic rings. The second-order valence-electron chi connectivity index (χ2n) is 9.43. The molecule has 0 heterocycles. The second-order valence-corrected chi connectivity index (χ2v) is 10.9. The lowest BCUT2D eigenvalue weighted by Crippen LogP contribution is -2.38. The summed E-state index contributed by atoms with van der Waals surface area (Å²) in [6.07, 6.45) is -0.685. The Kier molecular flexibility index (Phi) is 12.9. The van der Waals surface area contributed by atoms with E-state index in [4.69, 9.17) is 23.0 Å². The van der Waals surface area contributed by atoms with Gasteiger partial charge in [-0.3, -0.25) is 13.8 Å². The number of nitrogens with zero attached hydrogens (tertiary/aromatic N) is 1. The van der Waals surface area contributed by atoms with Gasteiger partial charge in [0.1, 0.15) is 0 Å². The standard InChI is InChI=1S/C20H41N2O8P/c1-16(2)14-26-17(23)10-12-22(13-11-21-9)18(24)27-15-28-31(25,29-19(3,4)5)30-20(6,7)8/h16,21H,10-15H2,1-9H3. The Morgan fingerprint density at radius 3 is 1.97 bits per heavy atom. The van der Waals surface area contributed by atoms with Gasteiger partial charge in [-0.2, -0.15) is 0 Å². The van der Waals surface area contributed by atoms with Crippen LogP contribution in [0.1, 0.15) is 61.8 Å². The lowest BCUT2D eigenvalue weighted by Gasteiger charge is -2.30. The molecule has 1 N–H and O–H groups in total. The highest BCUT2D eigenvalue weighted by atomic mass is 31.2. The molecular formula is C20H41N2O8P. The fraction of sp³-hybridized carbons (Fsp3) is 0.900. The summed E-state index contributed by atoms with van der Waals surface area (Å²) in [5, 5.41) is 2.93. The molecule has 0 fully saturated rings. The molecule has 10 nitrogen and oxygen atoms in total. The van der Waals surface area contributed by atoms with Crippen molar-refractivity contribution in [3.8, 4) is 0 Å². The number of phosphoric acid groups is 1. The molecule has 0 aromatic carbocycles. The zero-order valence-corrected chi connectivity index (χ0v) is 21.4. The average molecular weight is 469 g/mol. The van der Waals surface area contributed by atoms with Crippen LogP contribution in [-0.2, 0) is 32.4 Å². The van der Waals surface area contributed by atoms with Crippen LogP contribution in [0, 0.1) is 5.92 Å². The minimum absolute atomic E-state index is 0.0329. The van der Waals surface area contributed by atoms with Crippen LogP contribution in [0.15, 0.2) is 0 Å². The van der Waals surface area contributed by atoms with E-state index in [1.165, 1.54) is 4.90 Å². The number of hydrogen-bond donors (Lipinski definition) is 1. The summed E-state index contributed by atoms with van der Waals surface area (Å²) in [5.74, 6) is -0.165. The first-order valence-electron chi connectivity index (χ1n) is 10.4. The van der Waals surface area contributed by atoms with Crippen molar-refractivity contribution in [3.05, 3.63) is 0 Å². The zero-order chi connectivity index (χ0) is 24.3. The number of amides is 1. The number of rotatable bonds is 13. The highest BCUT2D eigenvalue weighted by molar-refractivity contribution is 7.48. The molecule has 0 aromatic heterocycles. The number of carbonyl (C=O) groups is 2. The van der Waals surface area contributed by atoms with Crippen molar-refractivity contribution in [1.82, 2.24) is 10.2 Å². The minimum atomic E-state index is -4.00. The number of likely N-dealkylation sites (N-methyl/N-ethyl adjacent to an activating group) is 1. The Labute approximate surface area is 186 Å². The van der Waals surface area contributed by atoms with E-state index in [1.54, 1.807) is 48.6 Å². The van der Waals surface area contributed by atoms with Crippen LogP contribution in [0.25, 0.3) is 0 Å². The SMILES string of the molecule is CNCCN(CCC(=O)OCC(C)C)C(=O)OCOP(=O)(OC(C)(C)C)OC(C)(C)C. The third-order valence-corrected chi connectivity index (χ3v) is 5.18. The number of esters is 1. The van der Waals surface area contributed by atoms with Gasteiger partial charge in [0, 0.05) is 19.6 Å². The highest BCUT2D eigenvalue weighted by Crippen LogP contribution is 2.55. The van der Waals surface area contributed by atoms with Crippen molar-refractivity contribution in [1.29, 1.82) is 0 Å². The van der Waals surface area contributed by atoms with Gasteiger partial charge in [0.05, 0.1) is 24.2 Å². The van der Waals surface area contributed by atoms with E-state index in [0.29, 0.717) is 19.7 Å². The Hall–Kier alpha value is -1.19. The minimum Gasteiger partial charge on any atom is -0.465 e. The Morgan fingerprint density at radius 1 is 0.968 bits per heavy atom. The molecule has 0 spiro atoms. The summed E-state index contributed by atoms with van der Waals surface area (Å²) in [5.41, 5.74) is -1.61. The summed E-state index contributed by atoms with van der Waals surface area (Å²) < 4.78 is 39.4. The maximum Gasteiger partial charge on any atom is 0.478 e. The van der Waals surface area contributed by atoms with Crippen LogP contribution in [0.4, 0.5) is 4.79 Å². The lowest BCUT2D eigenvalue weighted by atomic mass is 10.2. The van der Waals surface area contributed by atoms with E-state index >= 15 is 0 Å². The molecule has 0 bridgehead atoms. The molecule has 11 heteroatoms. The van der Waals surface area contributed by atoms with Crippen molar-refractivity contribution in [3.63, 3.8) is 0 Å². The fourth-order valence-corrected chi connectivity index (χ4v) is 3.74. The Balaban J connectivity index is 4.88. The van der Waals surface area contributed by atoms with Gasteiger partial charge in [-0.1, -0.05) is 13.8 Å². The molecule has 0 rings (SSSR count). The predicted molar refractivity (Wildman–Crippen MR) is 118 cm³/mol. The third-order valence-electron chi connectivity index (χ3n) is 3.22. The van der Waals surface area contributed by atoms with Crippen molar-refractivity contribution >= 4 is 19.9 Å². The van der Waals surface area contributed by atoms with Crippen molar-refractivity contribution < 1.29 is 37.2 Å². The number of ether oxygens (including phenoxy) is 2. The van der Waals surface area contributed by atoms with Gasteiger partial charge in [0.15, 0.2) is 0 Å². The van der Waals surface area contributed by atoms with E-state index in [2.05, 4.69) is 5.32 Å². The molecule has 1 amide bonds. The number of carbonyl (C=O) groups excluding carboxylic acids is 2. The summed E-state index contributed by atoms with van der Waals surface area (Å²) >= 11 is 0. The van der Waals surface area contributed by atoms with Gasteiger partial charge in [-0.25, -0.2) is 13.9 Å². The largest absolute Gasteiger partial charge is 0.478 e. The third kappa shape index (κ3) is 16.1. The van der Waals surface area contributed by atoms with Gasteiger partial charge in [-0.05, 0) is 54.5 Å². The Morgan fingerprint density at radius 2 is 1.52 bits per heavy atom. The van der Waals surface area contributed by atoms with Gasteiger partial charge in [0.2, 0.25) is 6.79 Å². The van der Waals surface area contributed by atoms with Crippen LogP contribution in [-0.4, -0.2) is 68.2 Å². The predicted octanol–water partition coefficient (Wildman–Crippen LogP) is 3.95. The maximum atomic E-state index is 13.0. The van der Waals surface area contributed by atoms with Crippen LogP contribution in [0.2, 0.25) is 0 Å². The lowest BCUT2D eigenvalue weighted by molar-refractivity contribution is -0.145. The van der Waals surface area contributed by atoms with Crippen molar-refractivity contribution in [2.24, 2.45) is 5.92 Å². The summed E-state index contributed by atoms with van der Waals surface area (Å²) in [7, 11) is -2.26. The molecule has 0 aliphatic rings. The molecular weight excluding hydrogens is 427 g/mol. The second kappa shape index (κ2) is 13.4. The quantitative estimate of drug-likeness (QED) is 0.244. The molecule has 0 atom stereocenters. The van der Waals surface area contributed by atoms with Gasteiger partial charge >= 0.3 is 19.9 Å². The zero-order valence-electron chi connectivity index (χ0n) is 20.5. The normalized spacial score (nSPS) is 12.7. The van der Waals surface area contributed by atoms with Crippen LogP contribution in [0.3, 0.4) is 0 Å². The van der Waals surface area contributed by atoms with E-state index in [1.807, 2.05) is 13.8 Å². The molecule has 0 radical (unpaired) electrons. The molecule has 184 valence electrons. The first-order valence-corrected chi connectivity index (χ1v) is 11.9. The molecule has 0 saturated heterocycles. The summed E-state index contributed by atoms with van der Waals surface area (Å²) in [6, 6.07) is 0. The Bertz CT molecular complexity index is 579. The summed E-state index contributed by atoms with van der Waals surface area (Å²) in [6.45, 7) is 14.7. The first-order chi connectivity index (χ1) is 14.1. The molecule has 0 aliphatic carbocycles. The highest BCUT2D eigenvalue weighted by Gasteiger charge is 2.37. The monoisotopic (exact) mass is 468 g/mol. The first kappa shape index (κ1) is 29.8. The fourth-order valence-electron chi connectivity index (χ4n) is 2.07. The maximum absolute atomic E-state index is 13.0. The number of phosphoric ester groups is 1. The van der Waals surface area contributed by atoms with Crippen LogP contribution >= 0.6 is 7.82 Å². The summed E-state index contributed by atoms with van der Waals surface area (Å²) in [4.78, 5) is 25.6. The van der Waals surface area contributed by atoms with Crippen LogP contribution < -0.4 is 5.32 Å². The van der Waals surface area contributed by atoms with Crippen LogP contribution in [0.5, 0.6) is 0 Å². The van der Waals surface area contributed by atoms with E-state index in [-0.39, 0.29) is 18.9 Å². The van der Waals surface area contributed by atoms with Gasteiger partial charge < -0.3 is 19.7 Å². The van der Waals surface area contributed by atoms with Crippen molar-refractivity contribution in [2.45, 2.75) is 73.0 Å². The van der Waals surface area contributed by atoms with Gasteiger partial charge in [-0.15, -0.1) is 0 Å². The molecule has 0 saturated carbocycles. The topological polar surface area (TPSA) is 113 Å². The number of hydrogen-bond acceptors (Lipinski definition) is 9. The average Bonchev–Trinajstić information content (AvgIpc) is 2.56. The molecule has 0 aliphatic heterocycles. The van der Waals surface area contributed by atoms with Gasteiger partial charge in [0.25, 0.3) is 0 Å².